The van der Waals surface area contributed by atoms with Crippen LogP contribution >= 0.6 is 11.6 Å². The van der Waals surface area contributed by atoms with Crippen LogP contribution in [0.3, 0.4) is 0 Å². The Morgan fingerprint density at radius 1 is 1.33 bits per heavy atom. The Morgan fingerprint density at radius 3 is 2.57 bits per heavy atom. The van der Waals surface area contributed by atoms with E-state index in [0.717, 1.165) is 5.56 Å². The maximum absolute atomic E-state index is 14.2. The molecular formula is C15H14ClFN2O2. The Hall–Kier alpha value is -2.01. The van der Waals surface area contributed by atoms with E-state index in [1.807, 2.05) is 0 Å². The first kappa shape index (κ1) is 15.4. The number of methoxy groups -OCH3 is 1. The predicted molar refractivity (Wildman–Crippen MR) is 77.5 cm³/mol. The molecule has 2 aromatic rings. The standard InChI is InChI=1S/C15H14ClFN2O2/c1-9-18-6-10(7-19-9)3-4-12-14(16)13(21-2)5-11(8-20)15(12)17/h5-8H,3-4H2,1-2H3. The lowest BCUT2D eigenvalue weighted by atomic mass is 10.0. The smallest absolute Gasteiger partial charge is 0.153 e. The van der Waals surface area contributed by atoms with Crippen LogP contribution in [0.15, 0.2) is 18.5 Å². The monoisotopic (exact) mass is 308 g/mol. The molecule has 1 heterocycles. The molecule has 21 heavy (non-hydrogen) atoms. The third-order valence-corrected chi connectivity index (χ3v) is 3.55. The van der Waals surface area contributed by atoms with Crippen molar-refractivity contribution in [3.63, 3.8) is 0 Å². The molecule has 0 amide bonds. The van der Waals surface area contributed by atoms with Crippen molar-refractivity contribution >= 4 is 17.9 Å². The zero-order valence-electron chi connectivity index (χ0n) is 11.7. The Kier molecular flexibility index (Phi) is 4.85. The molecule has 0 radical (unpaired) electrons. The van der Waals surface area contributed by atoms with Crippen LogP contribution in [0.25, 0.3) is 0 Å². The first-order chi connectivity index (χ1) is 10.1. The minimum absolute atomic E-state index is 0.0635. The summed E-state index contributed by atoms with van der Waals surface area (Å²) < 4.78 is 19.3. The maximum Gasteiger partial charge on any atom is 0.153 e. The van der Waals surface area contributed by atoms with Gasteiger partial charge in [-0.25, -0.2) is 14.4 Å². The van der Waals surface area contributed by atoms with Gasteiger partial charge in [0.05, 0.1) is 17.7 Å². The summed E-state index contributed by atoms with van der Waals surface area (Å²) in [5.74, 6) is 0.353. The molecule has 2 rings (SSSR count). The number of carbonyl (C=O) groups excluding carboxylic acids is 1. The second kappa shape index (κ2) is 6.63. The molecule has 0 saturated carbocycles. The van der Waals surface area contributed by atoms with Gasteiger partial charge in [-0.3, -0.25) is 4.79 Å². The Morgan fingerprint density at radius 2 is 2.00 bits per heavy atom. The van der Waals surface area contributed by atoms with Gasteiger partial charge in [0.15, 0.2) is 6.29 Å². The maximum atomic E-state index is 14.2. The summed E-state index contributed by atoms with van der Waals surface area (Å²) in [6.07, 6.45) is 4.67. The number of aldehydes is 1. The fourth-order valence-corrected chi connectivity index (χ4v) is 2.27. The zero-order chi connectivity index (χ0) is 15.4. The Bertz CT molecular complexity index is 660. The fraction of sp³-hybridized carbons (Fsp3) is 0.267. The van der Waals surface area contributed by atoms with Gasteiger partial charge in [-0.1, -0.05) is 11.6 Å². The molecule has 0 spiro atoms. The van der Waals surface area contributed by atoms with Crippen molar-refractivity contribution in [1.82, 2.24) is 9.97 Å². The predicted octanol–water partition coefficient (Wildman–Crippen LogP) is 3.18. The fourth-order valence-electron chi connectivity index (χ4n) is 1.96. The number of hydrogen-bond donors (Lipinski definition) is 0. The topological polar surface area (TPSA) is 52.1 Å². The average molecular weight is 309 g/mol. The molecule has 0 aliphatic heterocycles. The number of aromatic nitrogens is 2. The number of nitrogens with zero attached hydrogens (tertiary/aromatic N) is 2. The van der Waals surface area contributed by atoms with Crippen molar-refractivity contribution < 1.29 is 13.9 Å². The first-order valence-corrected chi connectivity index (χ1v) is 6.72. The van der Waals surface area contributed by atoms with E-state index in [0.29, 0.717) is 25.0 Å². The van der Waals surface area contributed by atoms with E-state index >= 15 is 0 Å². The van der Waals surface area contributed by atoms with Gasteiger partial charge in [0, 0.05) is 18.0 Å². The molecule has 0 aliphatic rings. The first-order valence-electron chi connectivity index (χ1n) is 6.34. The highest BCUT2D eigenvalue weighted by atomic mass is 35.5. The van der Waals surface area contributed by atoms with Gasteiger partial charge >= 0.3 is 0 Å². The minimum atomic E-state index is -0.608. The van der Waals surface area contributed by atoms with Crippen LogP contribution < -0.4 is 4.74 Å². The van der Waals surface area contributed by atoms with E-state index in [1.54, 1.807) is 19.3 Å². The number of halogens is 2. The summed E-state index contributed by atoms with van der Waals surface area (Å²) >= 11 is 6.12. The Labute approximate surface area is 126 Å². The molecule has 1 aromatic heterocycles. The van der Waals surface area contributed by atoms with Crippen LogP contribution in [0.1, 0.15) is 27.3 Å². The third kappa shape index (κ3) is 3.36. The lowest BCUT2D eigenvalue weighted by molar-refractivity contribution is 0.111. The molecule has 0 unspecified atom stereocenters. The number of ether oxygens (including phenoxy) is 1. The highest BCUT2D eigenvalue weighted by Crippen LogP contribution is 2.32. The molecule has 6 heteroatoms. The van der Waals surface area contributed by atoms with Gasteiger partial charge in [0.2, 0.25) is 0 Å². The van der Waals surface area contributed by atoms with Crippen molar-refractivity contribution in [3.8, 4) is 5.75 Å². The summed E-state index contributed by atoms with van der Waals surface area (Å²) in [6, 6.07) is 1.29. The highest BCUT2D eigenvalue weighted by Gasteiger charge is 2.17. The molecule has 1 aromatic carbocycles. The number of carbonyl (C=O) groups is 1. The van der Waals surface area contributed by atoms with Crippen molar-refractivity contribution in [3.05, 3.63) is 51.8 Å². The molecule has 0 bridgehead atoms. The second-order valence-electron chi connectivity index (χ2n) is 4.53. The van der Waals surface area contributed by atoms with E-state index in [9.17, 15) is 9.18 Å². The third-order valence-electron chi connectivity index (χ3n) is 3.13. The highest BCUT2D eigenvalue weighted by molar-refractivity contribution is 6.33. The van der Waals surface area contributed by atoms with E-state index in [-0.39, 0.29) is 21.9 Å². The van der Waals surface area contributed by atoms with E-state index in [1.165, 1.54) is 13.2 Å². The molecule has 0 atom stereocenters. The lowest BCUT2D eigenvalue weighted by Gasteiger charge is -2.12. The zero-order valence-corrected chi connectivity index (χ0v) is 12.4. The second-order valence-corrected chi connectivity index (χ2v) is 4.91. The van der Waals surface area contributed by atoms with Crippen molar-refractivity contribution in [1.29, 1.82) is 0 Å². The lowest BCUT2D eigenvalue weighted by Crippen LogP contribution is -2.03. The van der Waals surface area contributed by atoms with Crippen LogP contribution in [0, 0.1) is 12.7 Å². The van der Waals surface area contributed by atoms with E-state index in [4.69, 9.17) is 16.3 Å². The minimum Gasteiger partial charge on any atom is -0.495 e. The van der Waals surface area contributed by atoms with Crippen LogP contribution in [-0.2, 0) is 12.8 Å². The van der Waals surface area contributed by atoms with Gasteiger partial charge in [0.1, 0.15) is 17.4 Å². The summed E-state index contributed by atoms with van der Waals surface area (Å²) in [7, 11) is 1.42. The van der Waals surface area contributed by atoms with Crippen LogP contribution in [0.5, 0.6) is 5.75 Å². The molecular weight excluding hydrogens is 295 g/mol. The molecule has 0 fully saturated rings. The number of rotatable bonds is 5. The number of benzene rings is 1. The van der Waals surface area contributed by atoms with Crippen molar-refractivity contribution in [2.24, 2.45) is 0 Å². The molecule has 0 aliphatic carbocycles. The van der Waals surface area contributed by atoms with Gasteiger partial charge in [0.25, 0.3) is 0 Å². The van der Waals surface area contributed by atoms with Gasteiger partial charge in [-0.2, -0.15) is 0 Å². The largest absolute Gasteiger partial charge is 0.495 e. The molecule has 110 valence electrons. The molecule has 0 N–H and O–H groups in total. The van der Waals surface area contributed by atoms with Crippen LogP contribution in [0.2, 0.25) is 5.02 Å². The molecule has 0 saturated heterocycles. The summed E-state index contributed by atoms with van der Waals surface area (Å²) in [6.45, 7) is 1.79. The molecule has 4 nitrogen and oxygen atoms in total. The number of hydrogen-bond acceptors (Lipinski definition) is 4. The quantitative estimate of drug-likeness (QED) is 0.796. The van der Waals surface area contributed by atoms with Crippen LogP contribution in [0.4, 0.5) is 4.39 Å². The van der Waals surface area contributed by atoms with E-state index in [2.05, 4.69) is 9.97 Å². The van der Waals surface area contributed by atoms with Gasteiger partial charge in [-0.15, -0.1) is 0 Å². The Balaban J connectivity index is 2.30. The van der Waals surface area contributed by atoms with Crippen molar-refractivity contribution in [2.75, 3.05) is 7.11 Å². The normalized spacial score (nSPS) is 10.5. The summed E-state index contributed by atoms with van der Waals surface area (Å²) in [5, 5.41) is 0.189. The van der Waals surface area contributed by atoms with Gasteiger partial charge in [-0.05, 0) is 31.4 Å². The average Bonchev–Trinajstić information content (AvgIpc) is 2.49. The summed E-state index contributed by atoms with van der Waals surface area (Å²) in [5.41, 5.74) is 1.07. The van der Waals surface area contributed by atoms with Crippen LogP contribution in [-0.4, -0.2) is 23.4 Å². The number of aryl methyl sites for hydroxylation is 2. The van der Waals surface area contributed by atoms with Crippen molar-refractivity contribution in [2.45, 2.75) is 19.8 Å². The SMILES string of the molecule is COc1cc(C=O)c(F)c(CCc2cnc(C)nc2)c1Cl. The summed E-state index contributed by atoms with van der Waals surface area (Å²) in [4.78, 5) is 19.1. The van der Waals surface area contributed by atoms with E-state index < -0.39 is 5.82 Å². The van der Waals surface area contributed by atoms with Gasteiger partial charge < -0.3 is 4.74 Å².